The molecule has 2 heterocycles. The average Bonchev–Trinajstić information content (AvgIpc) is 2.61. The van der Waals surface area contributed by atoms with E-state index in [1.807, 2.05) is 0 Å². The molecule has 3 rings (SSSR count). The van der Waals surface area contributed by atoms with E-state index < -0.39 is 0 Å². The lowest BCUT2D eigenvalue weighted by Crippen LogP contribution is -2.34. The van der Waals surface area contributed by atoms with Crippen molar-refractivity contribution >= 4 is 5.78 Å². The van der Waals surface area contributed by atoms with E-state index in [4.69, 9.17) is 9.47 Å². The molecule has 4 atom stereocenters. The van der Waals surface area contributed by atoms with Crippen LogP contribution in [-0.2, 0) is 14.3 Å². The second kappa shape index (κ2) is 2.30. The molecule has 3 aliphatic rings. The fraction of sp³-hybridized carbons (Fsp3) is 0.889. The number of hydrogen-bond donors (Lipinski definition) is 0. The third kappa shape index (κ3) is 0.756. The maximum absolute atomic E-state index is 11.5. The molecule has 66 valence electrons. The summed E-state index contributed by atoms with van der Waals surface area (Å²) in [5, 5.41) is 0. The molecule has 0 spiro atoms. The summed E-state index contributed by atoms with van der Waals surface area (Å²) in [7, 11) is 0. The van der Waals surface area contributed by atoms with Crippen LogP contribution in [0.15, 0.2) is 0 Å². The summed E-state index contributed by atoms with van der Waals surface area (Å²) in [4.78, 5) is 11.5. The molecular formula is C9H12O3. The molecule has 4 unspecified atom stereocenters. The van der Waals surface area contributed by atoms with Crippen LogP contribution in [0.25, 0.3) is 0 Å². The molecule has 0 amide bonds. The summed E-state index contributed by atoms with van der Waals surface area (Å²) in [5.41, 5.74) is 0. The maximum atomic E-state index is 11.5. The minimum atomic E-state index is -0.0554. The zero-order valence-electron chi connectivity index (χ0n) is 6.86. The van der Waals surface area contributed by atoms with Gasteiger partial charge in [-0.05, 0) is 12.3 Å². The quantitative estimate of drug-likeness (QED) is 0.531. The minimum Gasteiger partial charge on any atom is -0.352 e. The molecule has 3 heteroatoms. The second-order valence-electron chi connectivity index (χ2n) is 3.98. The van der Waals surface area contributed by atoms with Crippen molar-refractivity contribution in [2.45, 2.75) is 19.1 Å². The van der Waals surface area contributed by atoms with Gasteiger partial charge in [0, 0.05) is 18.3 Å². The van der Waals surface area contributed by atoms with E-state index in [2.05, 4.69) is 0 Å². The van der Waals surface area contributed by atoms with Gasteiger partial charge >= 0.3 is 0 Å². The Balaban J connectivity index is 1.94. The van der Waals surface area contributed by atoms with Crippen molar-refractivity contribution in [2.24, 2.45) is 17.8 Å². The Hall–Kier alpha value is -0.410. The summed E-state index contributed by atoms with van der Waals surface area (Å²) in [6.07, 6.45) is 1.59. The van der Waals surface area contributed by atoms with E-state index in [-0.39, 0.29) is 12.2 Å². The van der Waals surface area contributed by atoms with Gasteiger partial charge in [-0.15, -0.1) is 0 Å². The van der Waals surface area contributed by atoms with Crippen molar-refractivity contribution in [3.05, 3.63) is 0 Å². The van der Waals surface area contributed by atoms with E-state index in [9.17, 15) is 4.79 Å². The van der Waals surface area contributed by atoms with Crippen molar-refractivity contribution in [1.82, 2.24) is 0 Å². The monoisotopic (exact) mass is 168 g/mol. The van der Waals surface area contributed by atoms with Gasteiger partial charge in [-0.1, -0.05) is 0 Å². The van der Waals surface area contributed by atoms with Gasteiger partial charge in [0.15, 0.2) is 6.29 Å². The Morgan fingerprint density at radius 3 is 3.17 bits per heavy atom. The molecular weight excluding hydrogens is 156 g/mol. The van der Waals surface area contributed by atoms with Crippen LogP contribution in [0.5, 0.6) is 0 Å². The van der Waals surface area contributed by atoms with Crippen molar-refractivity contribution in [3.8, 4) is 0 Å². The Labute approximate surface area is 71.0 Å². The SMILES string of the molecule is O=C1CC2COC3OCCC1C23. The van der Waals surface area contributed by atoms with Gasteiger partial charge in [0.2, 0.25) is 0 Å². The summed E-state index contributed by atoms with van der Waals surface area (Å²) in [6.45, 7) is 1.43. The van der Waals surface area contributed by atoms with Gasteiger partial charge < -0.3 is 9.47 Å². The smallest absolute Gasteiger partial charge is 0.161 e. The lowest BCUT2D eigenvalue weighted by molar-refractivity contribution is -0.168. The molecule has 0 bridgehead atoms. The van der Waals surface area contributed by atoms with E-state index in [1.54, 1.807) is 0 Å². The molecule has 2 aliphatic heterocycles. The van der Waals surface area contributed by atoms with Gasteiger partial charge in [-0.3, -0.25) is 4.79 Å². The highest BCUT2D eigenvalue weighted by atomic mass is 16.7. The fourth-order valence-electron chi connectivity index (χ4n) is 2.82. The summed E-state index contributed by atoms with van der Waals surface area (Å²) in [6, 6.07) is 0. The summed E-state index contributed by atoms with van der Waals surface area (Å²) in [5.74, 6) is 1.57. The van der Waals surface area contributed by atoms with Crippen LogP contribution in [0, 0.1) is 17.8 Å². The minimum absolute atomic E-state index is 0.0554. The molecule has 0 radical (unpaired) electrons. The molecule has 3 nitrogen and oxygen atoms in total. The number of hydrogen-bond acceptors (Lipinski definition) is 3. The lowest BCUT2D eigenvalue weighted by atomic mass is 9.87. The van der Waals surface area contributed by atoms with Crippen molar-refractivity contribution in [3.63, 3.8) is 0 Å². The van der Waals surface area contributed by atoms with Crippen LogP contribution >= 0.6 is 0 Å². The second-order valence-corrected chi connectivity index (χ2v) is 3.98. The van der Waals surface area contributed by atoms with Crippen LogP contribution in [-0.4, -0.2) is 25.3 Å². The predicted octanol–water partition coefficient (Wildman–Crippen LogP) is 0.584. The molecule has 0 aromatic heterocycles. The number of ketones is 1. The normalized spacial score (nSPS) is 51.2. The van der Waals surface area contributed by atoms with Crippen LogP contribution in [0.2, 0.25) is 0 Å². The van der Waals surface area contributed by atoms with Gasteiger partial charge in [-0.25, -0.2) is 0 Å². The fourth-order valence-corrected chi connectivity index (χ4v) is 2.82. The van der Waals surface area contributed by atoms with Crippen LogP contribution < -0.4 is 0 Å². The van der Waals surface area contributed by atoms with Crippen LogP contribution in [0.3, 0.4) is 0 Å². The van der Waals surface area contributed by atoms with E-state index in [1.165, 1.54) is 0 Å². The molecule has 1 aliphatic carbocycles. The highest BCUT2D eigenvalue weighted by Gasteiger charge is 2.53. The first-order valence-electron chi connectivity index (χ1n) is 4.62. The van der Waals surface area contributed by atoms with E-state index >= 15 is 0 Å². The molecule has 0 N–H and O–H groups in total. The zero-order chi connectivity index (χ0) is 8.13. The number of carbonyl (C=O) groups excluding carboxylic acids is 1. The highest BCUT2D eigenvalue weighted by Crippen LogP contribution is 2.46. The lowest BCUT2D eigenvalue weighted by Gasteiger charge is -2.28. The Morgan fingerprint density at radius 2 is 2.25 bits per heavy atom. The molecule has 1 saturated carbocycles. The molecule has 12 heavy (non-hydrogen) atoms. The Morgan fingerprint density at radius 1 is 1.33 bits per heavy atom. The number of rotatable bonds is 0. The largest absolute Gasteiger partial charge is 0.352 e. The predicted molar refractivity (Wildman–Crippen MR) is 40.4 cm³/mol. The molecule has 3 fully saturated rings. The highest BCUT2D eigenvalue weighted by molar-refractivity contribution is 5.84. The third-order valence-electron chi connectivity index (χ3n) is 3.39. The topological polar surface area (TPSA) is 35.5 Å². The Kier molecular flexibility index (Phi) is 1.35. The van der Waals surface area contributed by atoms with E-state index in [0.717, 1.165) is 19.4 Å². The van der Waals surface area contributed by atoms with Crippen molar-refractivity contribution < 1.29 is 14.3 Å². The molecule has 2 saturated heterocycles. The van der Waals surface area contributed by atoms with Gasteiger partial charge in [0.1, 0.15) is 5.78 Å². The van der Waals surface area contributed by atoms with Crippen LogP contribution in [0.4, 0.5) is 0 Å². The summed E-state index contributed by atoms with van der Waals surface area (Å²) < 4.78 is 10.9. The first-order chi connectivity index (χ1) is 5.86. The molecule has 0 aromatic carbocycles. The summed E-state index contributed by atoms with van der Waals surface area (Å²) >= 11 is 0. The van der Waals surface area contributed by atoms with Crippen molar-refractivity contribution in [2.75, 3.05) is 13.2 Å². The zero-order valence-corrected chi connectivity index (χ0v) is 6.86. The average molecular weight is 168 g/mol. The maximum Gasteiger partial charge on any atom is 0.161 e. The van der Waals surface area contributed by atoms with Gasteiger partial charge in [0.25, 0.3) is 0 Å². The first-order valence-corrected chi connectivity index (χ1v) is 4.62. The Bertz CT molecular complexity index is 224. The van der Waals surface area contributed by atoms with Gasteiger partial charge in [0.05, 0.1) is 13.2 Å². The molecule has 0 aromatic rings. The third-order valence-corrected chi connectivity index (χ3v) is 3.39. The van der Waals surface area contributed by atoms with Crippen molar-refractivity contribution in [1.29, 1.82) is 0 Å². The first kappa shape index (κ1) is 7.04. The standard InChI is InChI=1S/C9H12O3/c10-7-3-5-4-12-9-8(5)6(7)1-2-11-9/h5-6,8-9H,1-4H2. The number of Topliss-reactive ketones (excluding diaryl/α,β-unsaturated/α-hetero) is 1. The van der Waals surface area contributed by atoms with Gasteiger partial charge in [-0.2, -0.15) is 0 Å². The van der Waals surface area contributed by atoms with Crippen LogP contribution in [0.1, 0.15) is 12.8 Å². The number of ether oxygens (including phenoxy) is 2. The number of carbonyl (C=O) groups is 1. The van der Waals surface area contributed by atoms with E-state index in [0.29, 0.717) is 24.2 Å².